The van der Waals surface area contributed by atoms with Gasteiger partial charge in [-0.2, -0.15) is 0 Å². The van der Waals surface area contributed by atoms with E-state index in [0.29, 0.717) is 0 Å². The molecule has 6 nitrogen and oxygen atoms in total. The fourth-order valence-electron chi connectivity index (χ4n) is 1.24. The number of hydrogen-bond acceptors (Lipinski definition) is 4. The Hall–Kier alpha value is -2.18. The standard InChI is InChI=1S/C9H9FN2O4/c1-16-8-4-7(12(14)15)5(2-6(8)10)3-9(11)13/h2,4H,3H2,1H3,(H2,11,13). The van der Waals surface area contributed by atoms with Gasteiger partial charge in [0, 0.05) is 5.56 Å². The molecular formula is C9H9FN2O4. The van der Waals surface area contributed by atoms with E-state index in [1.807, 2.05) is 0 Å². The Morgan fingerprint density at radius 1 is 1.62 bits per heavy atom. The van der Waals surface area contributed by atoms with Crippen molar-refractivity contribution in [3.05, 3.63) is 33.6 Å². The van der Waals surface area contributed by atoms with Crippen LogP contribution in [0.25, 0.3) is 0 Å². The molecule has 1 rings (SSSR count). The monoisotopic (exact) mass is 228 g/mol. The number of hydrogen-bond donors (Lipinski definition) is 1. The van der Waals surface area contributed by atoms with Gasteiger partial charge in [0.05, 0.1) is 24.5 Å². The first-order valence-electron chi connectivity index (χ1n) is 4.24. The van der Waals surface area contributed by atoms with Crippen molar-refractivity contribution in [3.63, 3.8) is 0 Å². The van der Waals surface area contributed by atoms with Crippen LogP contribution in [-0.2, 0) is 11.2 Å². The van der Waals surface area contributed by atoms with Gasteiger partial charge >= 0.3 is 0 Å². The van der Waals surface area contributed by atoms with Gasteiger partial charge in [-0.05, 0) is 6.07 Å². The maximum absolute atomic E-state index is 13.2. The molecule has 0 fully saturated rings. The molecule has 16 heavy (non-hydrogen) atoms. The highest BCUT2D eigenvalue weighted by Crippen LogP contribution is 2.28. The fraction of sp³-hybridized carbons (Fsp3) is 0.222. The molecule has 0 saturated heterocycles. The van der Waals surface area contributed by atoms with Gasteiger partial charge in [0.15, 0.2) is 11.6 Å². The summed E-state index contributed by atoms with van der Waals surface area (Å²) in [4.78, 5) is 20.6. The first-order chi connectivity index (χ1) is 7.45. The summed E-state index contributed by atoms with van der Waals surface area (Å²) in [5.74, 6) is -1.79. The van der Waals surface area contributed by atoms with Crippen molar-refractivity contribution in [1.82, 2.24) is 0 Å². The molecule has 2 N–H and O–H groups in total. The van der Waals surface area contributed by atoms with Crippen LogP contribution in [0.15, 0.2) is 12.1 Å². The van der Waals surface area contributed by atoms with Crippen LogP contribution in [0, 0.1) is 15.9 Å². The summed E-state index contributed by atoms with van der Waals surface area (Å²) in [6.07, 6.45) is -0.392. The van der Waals surface area contributed by atoms with Gasteiger partial charge < -0.3 is 10.5 Å². The lowest BCUT2D eigenvalue weighted by atomic mass is 10.1. The number of halogens is 1. The Kier molecular flexibility index (Phi) is 3.39. The van der Waals surface area contributed by atoms with E-state index >= 15 is 0 Å². The maximum Gasteiger partial charge on any atom is 0.277 e. The van der Waals surface area contributed by atoms with Crippen LogP contribution < -0.4 is 10.5 Å². The number of nitro groups is 1. The third kappa shape index (κ3) is 2.44. The third-order valence-electron chi connectivity index (χ3n) is 1.91. The molecule has 7 heteroatoms. The number of carbonyl (C=O) groups is 1. The Balaban J connectivity index is 3.30. The summed E-state index contributed by atoms with van der Waals surface area (Å²) in [7, 11) is 1.19. The summed E-state index contributed by atoms with van der Waals surface area (Å²) in [5, 5.41) is 10.7. The molecule has 0 radical (unpaired) electrons. The first kappa shape index (κ1) is 11.9. The average molecular weight is 228 g/mol. The fourth-order valence-corrected chi connectivity index (χ4v) is 1.24. The highest BCUT2D eigenvalue weighted by atomic mass is 19.1. The van der Waals surface area contributed by atoms with Gasteiger partial charge in [-0.1, -0.05) is 0 Å². The lowest BCUT2D eigenvalue weighted by Gasteiger charge is -2.05. The highest BCUT2D eigenvalue weighted by Gasteiger charge is 2.19. The van der Waals surface area contributed by atoms with Crippen LogP contribution in [-0.4, -0.2) is 17.9 Å². The quantitative estimate of drug-likeness (QED) is 0.608. The van der Waals surface area contributed by atoms with E-state index < -0.39 is 28.8 Å². The van der Waals surface area contributed by atoms with E-state index in [1.54, 1.807) is 0 Å². The lowest BCUT2D eigenvalue weighted by Crippen LogP contribution is -2.15. The second-order valence-corrected chi connectivity index (χ2v) is 3.02. The molecule has 1 aromatic rings. The Morgan fingerprint density at radius 3 is 2.69 bits per heavy atom. The number of methoxy groups -OCH3 is 1. The molecule has 0 atom stereocenters. The van der Waals surface area contributed by atoms with Crippen LogP contribution in [0.5, 0.6) is 5.75 Å². The third-order valence-corrected chi connectivity index (χ3v) is 1.91. The van der Waals surface area contributed by atoms with E-state index in [2.05, 4.69) is 4.74 Å². The summed E-state index contributed by atoms with van der Waals surface area (Å²) in [6, 6.07) is 1.80. The number of rotatable bonds is 4. The van der Waals surface area contributed by atoms with Gasteiger partial charge in [-0.15, -0.1) is 0 Å². The molecule has 0 aliphatic heterocycles. The molecule has 0 unspecified atom stereocenters. The highest BCUT2D eigenvalue weighted by molar-refractivity contribution is 5.78. The van der Waals surface area contributed by atoms with Crippen molar-refractivity contribution in [2.24, 2.45) is 5.73 Å². The van der Waals surface area contributed by atoms with E-state index in [1.165, 1.54) is 7.11 Å². The van der Waals surface area contributed by atoms with Crippen LogP contribution in [0.3, 0.4) is 0 Å². The molecular weight excluding hydrogens is 219 g/mol. The van der Waals surface area contributed by atoms with Crippen LogP contribution in [0.1, 0.15) is 5.56 Å². The summed E-state index contributed by atoms with van der Waals surface area (Å²) in [5.41, 5.74) is 4.43. The molecule has 0 bridgehead atoms. The first-order valence-corrected chi connectivity index (χ1v) is 4.24. The summed E-state index contributed by atoms with van der Waals surface area (Å²) in [6.45, 7) is 0. The van der Waals surface area contributed by atoms with E-state index in [0.717, 1.165) is 12.1 Å². The molecule has 0 aliphatic carbocycles. The molecule has 0 spiro atoms. The SMILES string of the molecule is COc1cc([N+](=O)[O-])c(CC(N)=O)cc1F. The van der Waals surface area contributed by atoms with Crippen molar-refractivity contribution in [2.45, 2.75) is 6.42 Å². The zero-order chi connectivity index (χ0) is 12.3. The van der Waals surface area contributed by atoms with Crippen LogP contribution in [0.4, 0.5) is 10.1 Å². The van der Waals surface area contributed by atoms with Crippen molar-refractivity contribution in [3.8, 4) is 5.75 Å². The molecule has 0 heterocycles. The number of nitrogens with zero attached hydrogens (tertiary/aromatic N) is 1. The van der Waals surface area contributed by atoms with Gasteiger partial charge in [0.2, 0.25) is 5.91 Å². The molecule has 86 valence electrons. The van der Waals surface area contributed by atoms with E-state index in [4.69, 9.17) is 5.73 Å². The van der Waals surface area contributed by atoms with Crippen molar-refractivity contribution >= 4 is 11.6 Å². The zero-order valence-corrected chi connectivity index (χ0v) is 8.40. The average Bonchev–Trinajstić information content (AvgIpc) is 2.16. The lowest BCUT2D eigenvalue weighted by molar-refractivity contribution is -0.385. The second kappa shape index (κ2) is 4.56. The summed E-state index contributed by atoms with van der Waals surface area (Å²) >= 11 is 0. The van der Waals surface area contributed by atoms with Gasteiger partial charge in [0.1, 0.15) is 0 Å². The minimum atomic E-state index is -0.774. The normalized spacial score (nSPS) is 9.88. The number of carbonyl (C=O) groups excluding carboxylic acids is 1. The van der Waals surface area contributed by atoms with Crippen molar-refractivity contribution in [2.75, 3.05) is 7.11 Å². The van der Waals surface area contributed by atoms with Crippen LogP contribution in [0.2, 0.25) is 0 Å². The Bertz CT molecular complexity index is 447. The molecule has 0 aromatic heterocycles. The number of nitrogens with two attached hydrogens (primary N) is 1. The summed E-state index contributed by atoms with van der Waals surface area (Å²) < 4.78 is 17.8. The van der Waals surface area contributed by atoms with Crippen molar-refractivity contribution in [1.29, 1.82) is 0 Å². The van der Waals surface area contributed by atoms with Crippen molar-refractivity contribution < 1.29 is 18.8 Å². The maximum atomic E-state index is 13.2. The number of nitro benzene ring substituents is 1. The Morgan fingerprint density at radius 2 is 2.25 bits per heavy atom. The number of ether oxygens (including phenoxy) is 1. The molecule has 1 aromatic carbocycles. The number of benzene rings is 1. The zero-order valence-electron chi connectivity index (χ0n) is 8.40. The van der Waals surface area contributed by atoms with Gasteiger partial charge in [-0.25, -0.2) is 4.39 Å². The smallest absolute Gasteiger partial charge is 0.277 e. The number of primary amides is 1. The second-order valence-electron chi connectivity index (χ2n) is 3.02. The van der Waals surface area contributed by atoms with Gasteiger partial charge in [0.25, 0.3) is 5.69 Å². The minimum Gasteiger partial charge on any atom is -0.493 e. The van der Waals surface area contributed by atoms with Gasteiger partial charge in [-0.3, -0.25) is 14.9 Å². The topological polar surface area (TPSA) is 95.5 Å². The Labute approximate surface area is 90.0 Å². The minimum absolute atomic E-state index is 0.0733. The van der Waals surface area contributed by atoms with Crippen LogP contribution >= 0.6 is 0 Å². The number of amides is 1. The predicted octanol–water partition coefficient (Wildman–Crippen LogP) is 0.770. The predicted molar refractivity (Wildman–Crippen MR) is 52.5 cm³/mol. The molecule has 1 amide bonds. The molecule has 0 aliphatic rings. The van der Waals surface area contributed by atoms with E-state index in [-0.39, 0.29) is 11.3 Å². The molecule has 0 saturated carbocycles. The van der Waals surface area contributed by atoms with E-state index in [9.17, 15) is 19.3 Å². The largest absolute Gasteiger partial charge is 0.493 e.